The zero-order valence-electron chi connectivity index (χ0n) is 20.1. The SMILES string of the molecule is CCC(C)C(NC(=O)C(CCSC)NC(=O)C(CCC(N)=O)NC(=O)C(N)C(C)C)C(=O)O. The quantitative estimate of drug-likeness (QED) is 0.168. The normalized spacial score (nSPS) is 15.6. The molecule has 4 amide bonds. The van der Waals surface area contributed by atoms with Gasteiger partial charge in [-0.2, -0.15) is 11.8 Å². The Kier molecular flexibility index (Phi) is 14.4. The van der Waals surface area contributed by atoms with E-state index in [0.717, 1.165) is 0 Å². The van der Waals surface area contributed by atoms with Crippen LogP contribution in [0.15, 0.2) is 0 Å². The van der Waals surface area contributed by atoms with E-state index in [-0.39, 0.29) is 31.1 Å². The molecule has 190 valence electrons. The fourth-order valence-electron chi connectivity index (χ4n) is 2.84. The van der Waals surface area contributed by atoms with Crippen LogP contribution in [0.1, 0.15) is 53.4 Å². The van der Waals surface area contributed by atoms with Crippen LogP contribution in [-0.4, -0.2) is 70.9 Å². The predicted octanol–water partition coefficient (Wildman–Crippen LogP) is -0.427. The molecule has 0 radical (unpaired) electrons. The monoisotopic (exact) mass is 489 g/mol. The molecular weight excluding hydrogens is 450 g/mol. The molecule has 0 saturated carbocycles. The molecule has 0 bridgehead atoms. The molecule has 11 nitrogen and oxygen atoms in total. The lowest BCUT2D eigenvalue weighted by atomic mass is 9.98. The maximum atomic E-state index is 12.9. The first kappa shape index (κ1) is 30.7. The third-order valence-electron chi connectivity index (χ3n) is 5.35. The van der Waals surface area contributed by atoms with Crippen molar-refractivity contribution >= 4 is 41.4 Å². The zero-order chi connectivity index (χ0) is 25.7. The smallest absolute Gasteiger partial charge is 0.326 e. The Morgan fingerprint density at radius 1 is 0.909 bits per heavy atom. The van der Waals surface area contributed by atoms with Crippen LogP contribution >= 0.6 is 11.8 Å². The van der Waals surface area contributed by atoms with Crippen molar-refractivity contribution in [2.75, 3.05) is 12.0 Å². The molecule has 0 saturated heterocycles. The second-order valence-corrected chi connectivity index (χ2v) is 9.37. The molecule has 0 rings (SSSR count). The minimum atomic E-state index is -1.16. The molecule has 33 heavy (non-hydrogen) atoms. The molecular formula is C21H39N5O6S. The summed E-state index contributed by atoms with van der Waals surface area (Å²) in [6.45, 7) is 7.03. The van der Waals surface area contributed by atoms with Gasteiger partial charge in [-0.05, 0) is 36.7 Å². The molecule has 0 aliphatic rings. The molecule has 8 N–H and O–H groups in total. The standard InChI is InChI=1S/C21H39N5O6S/c1-6-12(4)17(21(31)32)26-19(29)14(9-10-33-5)24-18(28)13(7-8-15(22)27)25-20(30)16(23)11(2)3/h11-14,16-17H,6-10,23H2,1-5H3,(H2,22,27)(H,24,28)(H,25,30)(H,26,29)(H,31,32). The van der Waals surface area contributed by atoms with Gasteiger partial charge in [-0.15, -0.1) is 0 Å². The van der Waals surface area contributed by atoms with Crippen molar-refractivity contribution in [2.45, 2.75) is 77.5 Å². The number of carboxylic acids is 1. The second kappa shape index (κ2) is 15.5. The van der Waals surface area contributed by atoms with Crippen molar-refractivity contribution in [3.8, 4) is 0 Å². The van der Waals surface area contributed by atoms with Crippen LogP contribution in [0.5, 0.6) is 0 Å². The Labute approximate surface area is 199 Å². The van der Waals surface area contributed by atoms with Gasteiger partial charge in [0.05, 0.1) is 6.04 Å². The van der Waals surface area contributed by atoms with E-state index in [1.165, 1.54) is 11.8 Å². The summed E-state index contributed by atoms with van der Waals surface area (Å²) in [5, 5.41) is 17.1. The van der Waals surface area contributed by atoms with Gasteiger partial charge < -0.3 is 32.5 Å². The molecule has 0 aromatic heterocycles. The van der Waals surface area contributed by atoms with E-state index >= 15 is 0 Å². The van der Waals surface area contributed by atoms with E-state index in [4.69, 9.17) is 11.5 Å². The molecule has 0 spiro atoms. The lowest BCUT2D eigenvalue weighted by molar-refractivity contribution is -0.143. The minimum absolute atomic E-state index is 0.0702. The van der Waals surface area contributed by atoms with Gasteiger partial charge in [-0.3, -0.25) is 19.2 Å². The van der Waals surface area contributed by atoms with Gasteiger partial charge >= 0.3 is 5.97 Å². The average molecular weight is 490 g/mol. The number of hydrogen-bond acceptors (Lipinski definition) is 7. The van der Waals surface area contributed by atoms with Crippen molar-refractivity contribution < 1.29 is 29.1 Å². The summed E-state index contributed by atoms with van der Waals surface area (Å²) in [5.41, 5.74) is 11.0. The summed E-state index contributed by atoms with van der Waals surface area (Å²) in [6.07, 6.45) is 2.38. The number of thioether (sulfide) groups is 1. The number of hydrogen-bond donors (Lipinski definition) is 6. The molecule has 0 aromatic carbocycles. The fourth-order valence-corrected chi connectivity index (χ4v) is 3.31. The molecule has 5 atom stereocenters. The van der Waals surface area contributed by atoms with Gasteiger partial charge in [-0.1, -0.05) is 34.1 Å². The van der Waals surface area contributed by atoms with Gasteiger partial charge in [0.25, 0.3) is 0 Å². The summed E-state index contributed by atoms with van der Waals surface area (Å²) >= 11 is 1.46. The first-order chi connectivity index (χ1) is 15.3. The lowest BCUT2D eigenvalue weighted by Gasteiger charge is -2.26. The Morgan fingerprint density at radius 3 is 1.88 bits per heavy atom. The Hall–Kier alpha value is -2.34. The highest BCUT2D eigenvalue weighted by atomic mass is 32.2. The van der Waals surface area contributed by atoms with Gasteiger partial charge in [0.15, 0.2) is 0 Å². The van der Waals surface area contributed by atoms with Crippen molar-refractivity contribution in [3.05, 3.63) is 0 Å². The average Bonchev–Trinajstić information content (AvgIpc) is 2.75. The topological polar surface area (TPSA) is 194 Å². The number of primary amides is 1. The van der Waals surface area contributed by atoms with Crippen LogP contribution < -0.4 is 27.4 Å². The van der Waals surface area contributed by atoms with Crippen LogP contribution in [0.25, 0.3) is 0 Å². The van der Waals surface area contributed by atoms with E-state index < -0.39 is 53.8 Å². The zero-order valence-corrected chi connectivity index (χ0v) is 20.9. The summed E-state index contributed by atoms with van der Waals surface area (Å²) < 4.78 is 0. The molecule has 0 aromatic rings. The van der Waals surface area contributed by atoms with Gasteiger partial charge in [0.2, 0.25) is 23.6 Å². The number of nitrogens with two attached hydrogens (primary N) is 2. The Morgan fingerprint density at radius 2 is 1.42 bits per heavy atom. The second-order valence-electron chi connectivity index (χ2n) is 8.39. The van der Waals surface area contributed by atoms with E-state index in [9.17, 15) is 29.1 Å². The number of rotatable bonds is 16. The van der Waals surface area contributed by atoms with E-state index in [1.54, 1.807) is 20.8 Å². The number of carbonyl (C=O) groups is 5. The number of nitrogens with one attached hydrogen (secondary N) is 3. The van der Waals surface area contributed by atoms with E-state index in [1.807, 2.05) is 13.2 Å². The molecule has 12 heteroatoms. The summed E-state index contributed by atoms with van der Waals surface area (Å²) in [5.74, 6) is -3.67. The van der Waals surface area contributed by atoms with Crippen LogP contribution in [0.2, 0.25) is 0 Å². The third kappa shape index (κ3) is 11.4. The van der Waals surface area contributed by atoms with Gasteiger partial charge in [-0.25, -0.2) is 4.79 Å². The van der Waals surface area contributed by atoms with Gasteiger partial charge in [0.1, 0.15) is 18.1 Å². The summed E-state index contributed by atoms with van der Waals surface area (Å²) in [7, 11) is 0. The fraction of sp³-hybridized carbons (Fsp3) is 0.762. The molecule has 0 aliphatic heterocycles. The van der Waals surface area contributed by atoms with E-state index in [0.29, 0.717) is 12.2 Å². The maximum absolute atomic E-state index is 12.9. The van der Waals surface area contributed by atoms with Crippen LogP contribution in [0.4, 0.5) is 0 Å². The van der Waals surface area contributed by atoms with Crippen molar-refractivity contribution in [3.63, 3.8) is 0 Å². The highest BCUT2D eigenvalue weighted by molar-refractivity contribution is 7.98. The van der Waals surface area contributed by atoms with Crippen molar-refractivity contribution in [1.29, 1.82) is 0 Å². The van der Waals surface area contributed by atoms with Crippen LogP contribution in [0, 0.1) is 11.8 Å². The summed E-state index contributed by atoms with van der Waals surface area (Å²) in [4.78, 5) is 61.0. The molecule has 0 fully saturated rings. The van der Waals surface area contributed by atoms with Crippen molar-refractivity contribution in [1.82, 2.24) is 16.0 Å². The molecule has 5 unspecified atom stereocenters. The molecule has 0 heterocycles. The lowest BCUT2D eigenvalue weighted by Crippen LogP contribution is -2.58. The van der Waals surface area contributed by atoms with E-state index in [2.05, 4.69) is 16.0 Å². The molecule has 0 aliphatic carbocycles. The predicted molar refractivity (Wildman–Crippen MR) is 127 cm³/mol. The summed E-state index contributed by atoms with van der Waals surface area (Å²) in [6, 6.07) is -4.13. The first-order valence-electron chi connectivity index (χ1n) is 11.0. The number of carboxylic acid groups (broad SMARTS) is 1. The van der Waals surface area contributed by atoms with Crippen molar-refractivity contribution in [2.24, 2.45) is 23.3 Å². The van der Waals surface area contributed by atoms with Gasteiger partial charge in [0, 0.05) is 6.42 Å². The highest BCUT2D eigenvalue weighted by Gasteiger charge is 2.32. The number of aliphatic carboxylic acids is 1. The Balaban J connectivity index is 5.57. The minimum Gasteiger partial charge on any atom is -0.480 e. The number of amides is 4. The Bertz CT molecular complexity index is 690. The number of carbonyl (C=O) groups excluding carboxylic acids is 4. The maximum Gasteiger partial charge on any atom is 0.326 e. The third-order valence-corrected chi connectivity index (χ3v) is 6.00. The first-order valence-corrected chi connectivity index (χ1v) is 12.4. The largest absolute Gasteiger partial charge is 0.480 e. The van der Waals surface area contributed by atoms with Crippen LogP contribution in [0.3, 0.4) is 0 Å². The van der Waals surface area contributed by atoms with Crippen LogP contribution in [-0.2, 0) is 24.0 Å². The highest BCUT2D eigenvalue weighted by Crippen LogP contribution is 2.10.